The molecule has 1 aromatic rings. The van der Waals surface area contributed by atoms with Crippen molar-refractivity contribution in [1.82, 2.24) is 0 Å². The molecule has 2 heterocycles. The van der Waals surface area contributed by atoms with Crippen LogP contribution in [0.1, 0.15) is 5.56 Å². The van der Waals surface area contributed by atoms with Gasteiger partial charge in [-0.1, -0.05) is 18.2 Å². The van der Waals surface area contributed by atoms with Gasteiger partial charge in [0.15, 0.2) is 6.29 Å². The molecule has 32 heavy (non-hydrogen) atoms. The second kappa shape index (κ2) is 11.0. The maximum atomic E-state index is 10.3. The van der Waals surface area contributed by atoms with Crippen LogP contribution in [0.5, 0.6) is 5.75 Å². The molecule has 0 saturated carbocycles. The number of rotatable bonds is 8. The summed E-state index contributed by atoms with van der Waals surface area (Å²) in [5.41, 5.74) is 0.999. The third-order valence-electron chi connectivity index (χ3n) is 5.50. The molecule has 3 rings (SSSR count). The van der Waals surface area contributed by atoms with Gasteiger partial charge in [-0.05, 0) is 24.1 Å². The van der Waals surface area contributed by atoms with E-state index in [0.29, 0.717) is 12.2 Å². The van der Waals surface area contributed by atoms with E-state index in [2.05, 4.69) is 6.58 Å². The fourth-order valence-corrected chi connectivity index (χ4v) is 3.55. The molecule has 10 atom stereocenters. The molecule has 0 radical (unpaired) electrons. The molecule has 0 amide bonds. The molecule has 2 saturated heterocycles. The molecule has 2 aliphatic heterocycles. The smallest absolute Gasteiger partial charge is 0.229 e. The van der Waals surface area contributed by atoms with Crippen LogP contribution in [0.4, 0.5) is 0 Å². The molecule has 1 aromatic carbocycles. The molecule has 2 fully saturated rings. The Hall–Kier alpha value is -1.64. The maximum Gasteiger partial charge on any atom is 0.229 e. The predicted octanol–water partition coefficient (Wildman–Crippen LogP) is -2.58. The summed E-state index contributed by atoms with van der Waals surface area (Å²) in [6.07, 6.45) is -12.2. The number of hydrogen-bond donors (Lipinski definition) is 7. The van der Waals surface area contributed by atoms with E-state index < -0.39 is 74.6 Å². The fourth-order valence-electron chi connectivity index (χ4n) is 3.55. The van der Waals surface area contributed by atoms with Gasteiger partial charge >= 0.3 is 0 Å². The quantitative estimate of drug-likeness (QED) is 0.203. The lowest BCUT2D eigenvalue weighted by atomic mass is 9.98. The summed E-state index contributed by atoms with van der Waals surface area (Å²) in [4.78, 5) is 0. The van der Waals surface area contributed by atoms with Gasteiger partial charge in [0.05, 0.1) is 13.2 Å². The van der Waals surface area contributed by atoms with Gasteiger partial charge in [-0.15, -0.1) is 6.58 Å². The van der Waals surface area contributed by atoms with Crippen molar-refractivity contribution in [3.8, 4) is 5.75 Å². The van der Waals surface area contributed by atoms with Gasteiger partial charge in [0.25, 0.3) is 0 Å². The number of ether oxygens (including phenoxy) is 4. The third-order valence-corrected chi connectivity index (χ3v) is 5.50. The zero-order valence-corrected chi connectivity index (χ0v) is 17.3. The molecule has 0 unspecified atom stereocenters. The Morgan fingerprint density at radius 2 is 1.34 bits per heavy atom. The van der Waals surface area contributed by atoms with E-state index in [4.69, 9.17) is 18.9 Å². The molecule has 180 valence electrons. The van der Waals surface area contributed by atoms with Gasteiger partial charge in [-0.2, -0.15) is 0 Å². The van der Waals surface area contributed by atoms with Crippen LogP contribution in [0.3, 0.4) is 0 Å². The number of aliphatic hydroxyl groups is 7. The second-order valence-corrected chi connectivity index (χ2v) is 7.80. The van der Waals surface area contributed by atoms with Gasteiger partial charge in [-0.25, -0.2) is 0 Å². The van der Waals surface area contributed by atoms with Crippen LogP contribution in [0.15, 0.2) is 36.9 Å². The molecule has 0 aliphatic carbocycles. The molecular weight excluding hydrogens is 428 g/mol. The minimum atomic E-state index is -1.63. The second-order valence-electron chi connectivity index (χ2n) is 7.80. The normalized spacial score (nSPS) is 40.1. The highest BCUT2D eigenvalue weighted by Crippen LogP contribution is 2.27. The summed E-state index contributed by atoms with van der Waals surface area (Å²) in [7, 11) is 0. The first kappa shape index (κ1) is 25.0. The standard InChI is InChI=1S/C21H30O11/c1-2-3-10-4-6-11(7-5-10)30-21-19(28)17(26)15(24)13(32-21)9-29-20-18(27)16(25)14(23)12(8-22)31-20/h2,4-7,12-28H,1,3,8-9H2/t12-,13+,14+,15+,16-,17-,18+,19+,20-,21+/m1/s1. The number of benzene rings is 1. The number of aliphatic hydroxyl groups excluding tert-OH is 7. The van der Waals surface area contributed by atoms with Crippen LogP contribution < -0.4 is 4.74 Å². The van der Waals surface area contributed by atoms with Crippen LogP contribution in [-0.2, 0) is 20.6 Å². The fraction of sp³-hybridized carbons (Fsp3) is 0.619. The molecule has 11 heteroatoms. The summed E-state index contributed by atoms with van der Waals surface area (Å²) in [6.45, 7) is 2.62. The Morgan fingerprint density at radius 1 is 0.781 bits per heavy atom. The zero-order valence-electron chi connectivity index (χ0n) is 17.3. The first-order valence-corrected chi connectivity index (χ1v) is 10.2. The first-order chi connectivity index (χ1) is 15.3. The minimum Gasteiger partial charge on any atom is -0.462 e. The molecule has 0 bridgehead atoms. The summed E-state index contributed by atoms with van der Waals surface area (Å²) < 4.78 is 21.8. The monoisotopic (exact) mass is 458 g/mol. The SMILES string of the molecule is C=CCc1ccc(O[C@H]2O[C@@H](CO[C@@H]3O[C@H](CO)[C@H](O)[C@@H](O)[C@@H]3O)[C@H](O)[C@@H](O)[C@@H]2O)cc1. The van der Waals surface area contributed by atoms with Crippen molar-refractivity contribution in [2.75, 3.05) is 13.2 Å². The number of hydrogen-bond acceptors (Lipinski definition) is 11. The van der Waals surface area contributed by atoms with Gasteiger partial charge in [-0.3, -0.25) is 0 Å². The highest BCUT2D eigenvalue weighted by Gasteiger charge is 2.47. The van der Waals surface area contributed by atoms with Crippen molar-refractivity contribution in [2.45, 2.75) is 67.8 Å². The van der Waals surface area contributed by atoms with Crippen LogP contribution in [0.25, 0.3) is 0 Å². The van der Waals surface area contributed by atoms with E-state index in [1.807, 2.05) is 0 Å². The Morgan fingerprint density at radius 3 is 1.94 bits per heavy atom. The number of allylic oxidation sites excluding steroid dienone is 1. The Kier molecular flexibility index (Phi) is 8.58. The highest BCUT2D eigenvalue weighted by atomic mass is 16.7. The third kappa shape index (κ3) is 5.46. The lowest BCUT2D eigenvalue weighted by molar-refractivity contribution is -0.323. The van der Waals surface area contributed by atoms with E-state index in [9.17, 15) is 35.7 Å². The van der Waals surface area contributed by atoms with E-state index in [1.54, 1.807) is 30.3 Å². The van der Waals surface area contributed by atoms with Crippen molar-refractivity contribution < 1.29 is 54.7 Å². The Bertz CT molecular complexity index is 727. The lowest BCUT2D eigenvalue weighted by Crippen LogP contribution is -2.62. The topological polar surface area (TPSA) is 179 Å². The molecule has 11 nitrogen and oxygen atoms in total. The largest absolute Gasteiger partial charge is 0.462 e. The van der Waals surface area contributed by atoms with E-state index >= 15 is 0 Å². The van der Waals surface area contributed by atoms with Gasteiger partial charge in [0.1, 0.15) is 54.6 Å². The van der Waals surface area contributed by atoms with E-state index in [1.165, 1.54) is 0 Å². The molecule has 0 spiro atoms. The van der Waals surface area contributed by atoms with Gasteiger partial charge in [0.2, 0.25) is 6.29 Å². The summed E-state index contributed by atoms with van der Waals surface area (Å²) in [6, 6.07) is 6.92. The maximum absolute atomic E-state index is 10.3. The van der Waals surface area contributed by atoms with Crippen LogP contribution >= 0.6 is 0 Å². The molecule has 0 aromatic heterocycles. The van der Waals surface area contributed by atoms with Crippen LogP contribution in [0.2, 0.25) is 0 Å². The summed E-state index contributed by atoms with van der Waals surface area (Å²) in [5.74, 6) is 0.360. The predicted molar refractivity (Wildman–Crippen MR) is 107 cm³/mol. The first-order valence-electron chi connectivity index (χ1n) is 10.2. The van der Waals surface area contributed by atoms with Crippen LogP contribution in [0, 0.1) is 0 Å². The average molecular weight is 458 g/mol. The van der Waals surface area contributed by atoms with Crippen molar-refractivity contribution in [3.63, 3.8) is 0 Å². The van der Waals surface area contributed by atoms with Crippen molar-refractivity contribution in [1.29, 1.82) is 0 Å². The van der Waals surface area contributed by atoms with Crippen molar-refractivity contribution in [2.24, 2.45) is 0 Å². The van der Waals surface area contributed by atoms with Crippen molar-refractivity contribution >= 4 is 0 Å². The Balaban J connectivity index is 1.62. The zero-order chi connectivity index (χ0) is 23.4. The molecule has 7 N–H and O–H groups in total. The highest BCUT2D eigenvalue weighted by molar-refractivity contribution is 5.28. The lowest BCUT2D eigenvalue weighted by Gasteiger charge is -2.42. The summed E-state index contributed by atoms with van der Waals surface area (Å²) in [5, 5.41) is 69.7. The molecular formula is C21H30O11. The summed E-state index contributed by atoms with van der Waals surface area (Å²) >= 11 is 0. The Labute approximate surface area is 184 Å². The molecule has 2 aliphatic rings. The van der Waals surface area contributed by atoms with Crippen LogP contribution in [-0.4, -0.2) is 110 Å². The minimum absolute atomic E-state index is 0.360. The van der Waals surface area contributed by atoms with E-state index in [-0.39, 0.29) is 0 Å². The van der Waals surface area contributed by atoms with Gasteiger partial charge in [0, 0.05) is 0 Å². The van der Waals surface area contributed by atoms with Gasteiger partial charge < -0.3 is 54.7 Å². The van der Waals surface area contributed by atoms with E-state index in [0.717, 1.165) is 5.56 Å². The van der Waals surface area contributed by atoms with Crippen molar-refractivity contribution in [3.05, 3.63) is 42.5 Å². The average Bonchev–Trinajstić information content (AvgIpc) is 2.79.